The molecule has 1 aliphatic heterocycles. The average molecular weight is 338 g/mol. The van der Waals surface area contributed by atoms with E-state index in [4.69, 9.17) is 9.84 Å². The van der Waals surface area contributed by atoms with E-state index in [0.717, 1.165) is 11.1 Å². The minimum absolute atomic E-state index is 0.299. The van der Waals surface area contributed by atoms with E-state index in [2.05, 4.69) is 21.2 Å². The molecule has 3 rings (SSSR count). The number of carboxylic acid groups (broad SMARTS) is 1. The number of halogens is 2. The first-order valence-corrected chi connectivity index (χ1v) is 6.61. The summed E-state index contributed by atoms with van der Waals surface area (Å²) in [6, 6.07) is 8.02. The second-order valence-corrected chi connectivity index (χ2v) is 5.17. The zero-order valence-corrected chi connectivity index (χ0v) is 11.7. The maximum atomic E-state index is 13.5. The van der Waals surface area contributed by atoms with Crippen LogP contribution in [-0.4, -0.2) is 11.2 Å². The maximum Gasteiger partial charge on any atom is 0.409 e. The van der Waals surface area contributed by atoms with E-state index in [9.17, 15) is 9.18 Å². The number of hydrogen-bond acceptors (Lipinski definition) is 2. The van der Waals surface area contributed by atoms with Gasteiger partial charge in [0, 0.05) is 23.2 Å². The number of anilines is 1. The SMILES string of the molecule is O=C(O)Nc1ccc2c(c1)Cc1ccc(F)c(Br)c1O2. The topological polar surface area (TPSA) is 58.6 Å². The van der Waals surface area contributed by atoms with E-state index in [1.54, 1.807) is 24.3 Å². The van der Waals surface area contributed by atoms with Crippen LogP contribution in [0.15, 0.2) is 34.8 Å². The predicted molar refractivity (Wildman–Crippen MR) is 75.1 cm³/mol. The quantitative estimate of drug-likeness (QED) is 0.692. The van der Waals surface area contributed by atoms with Crippen molar-refractivity contribution in [2.24, 2.45) is 0 Å². The summed E-state index contributed by atoms with van der Waals surface area (Å²) in [5.41, 5.74) is 2.17. The fourth-order valence-corrected chi connectivity index (χ4v) is 2.62. The zero-order chi connectivity index (χ0) is 14.3. The minimum atomic E-state index is -1.12. The standard InChI is InChI=1S/C14H9BrFNO3/c15-12-10(16)3-1-7-5-8-6-9(17-14(18)19)2-4-11(8)20-13(7)12/h1-4,6,17H,5H2,(H,18,19). The Balaban J connectivity index is 1.99. The van der Waals surface area contributed by atoms with Crippen LogP contribution in [0.5, 0.6) is 11.5 Å². The van der Waals surface area contributed by atoms with Gasteiger partial charge in [0.15, 0.2) is 0 Å². The number of carbonyl (C=O) groups is 1. The van der Waals surface area contributed by atoms with Crippen molar-refractivity contribution in [3.63, 3.8) is 0 Å². The Kier molecular flexibility index (Phi) is 3.10. The molecule has 0 fully saturated rings. The molecule has 1 aliphatic rings. The van der Waals surface area contributed by atoms with Gasteiger partial charge < -0.3 is 9.84 Å². The number of amides is 1. The van der Waals surface area contributed by atoms with Crippen LogP contribution >= 0.6 is 15.9 Å². The number of hydrogen-bond donors (Lipinski definition) is 2. The highest BCUT2D eigenvalue weighted by Crippen LogP contribution is 2.42. The lowest BCUT2D eigenvalue weighted by Gasteiger charge is -2.22. The summed E-state index contributed by atoms with van der Waals surface area (Å²) in [7, 11) is 0. The lowest BCUT2D eigenvalue weighted by atomic mass is 10.00. The van der Waals surface area contributed by atoms with Gasteiger partial charge >= 0.3 is 6.09 Å². The van der Waals surface area contributed by atoms with Crippen molar-refractivity contribution in [2.45, 2.75) is 6.42 Å². The van der Waals surface area contributed by atoms with Crippen molar-refractivity contribution < 1.29 is 19.0 Å². The Bertz CT molecular complexity index is 718. The molecule has 2 aromatic carbocycles. The van der Waals surface area contributed by atoms with E-state index < -0.39 is 6.09 Å². The first-order chi connectivity index (χ1) is 9.54. The molecule has 1 heterocycles. The summed E-state index contributed by atoms with van der Waals surface area (Å²) in [6.45, 7) is 0. The molecule has 2 aromatic rings. The molecule has 102 valence electrons. The van der Waals surface area contributed by atoms with E-state index in [-0.39, 0.29) is 5.82 Å². The molecule has 0 saturated heterocycles. The third-order valence-corrected chi connectivity index (χ3v) is 3.78. The predicted octanol–water partition coefficient (Wildman–Crippen LogP) is 4.37. The number of rotatable bonds is 1. The average Bonchev–Trinajstić information content (AvgIpc) is 2.41. The second-order valence-electron chi connectivity index (χ2n) is 4.38. The normalized spacial score (nSPS) is 12.1. The molecule has 0 radical (unpaired) electrons. The largest absolute Gasteiger partial charge is 0.465 e. The van der Waals surface area contributed by atoms with Crippen LogP contribution < -0.4 is 10.1 Å². The van der Waals surface area contributed by atoms with Gasteiger partial charge in [0.25, 0.3) is 0 Å². The van der Waals surface area contributed by atoms with E-state index in [1.807, 2.05) is 0 Å². The first kappa shape index (κ1) is 12.9. The Morgan fingerprint density at radius 2 is 2.10 bits per heavy atom. The zero-order valence-electron chi connectivity index (χ0n) is 10.1. The minimum Gasteiger partial charge on any atom is -0.465 e. The highest BCUT2D eigenvalue weighted by Gasteiger charge is 2.21. The summed E-state index contributed by atoms with van der Waals surface area (Å²) in [6.07, 6.45) is -0.564. The molecule has 0 bridgehead atoms. The summed E-state index contributed by atoms with van der Waals surface area (Å²) in [5.74, 6) is 0.688. The molecular formula is C14H9BrFNO3. The van der Waals surface area contributed by atoms with Gasteiger partial charge in [0.1, 0.15) is 17.3 Å². The Morgan fingerprint density at radius 3 is 2.85 bits per heavy atom. The van der Waals surface area contributed by atoms with Gasteiger partial charge in [-0.1, -0.05) is 6.07 Å². The molecule has 0 saturated carbocycles. The van der Waals surface area contributed by atoms with Gasteiger partial charge in [-0.25, -0.2) is 9.18 Å². The molecule has 0 spiro atoms. The van der Waals surface area contributed by atoms with Crippen LogP contribution in [0.4, 0.5) is 14.9 Å². The van der Waals surface area contributed by atoms with Crippen molar-refractivity contribution in [1.82, 2.24) is 0 Å². The number of benzene rings is 2. The van der Waals surface area contributed by atoms with Gasteiger partial charge in [-0.3, -0.25) is 5.32 Å². The van der Waals surface area contributed by atoms with Crippen LogP contribution in [0.1, 0.15) is 11.1 Å². The summed E-state index contributed by atoms with van der Waals surface area (Å²) in [5, 5.41) is 11.0. The van der Waals surface area contributed by atoms with Crippen molar-refractivity contribution in [2.75, 3.05) is 5.32 Å². The molecular weight excluding hydrogens is 329 g/mol. The van der Waals surface area contributed by atoms with Gasteiger partial charge in [0.2, 0.25) is 0 Å². The monoisotopic (exact) mass is 337 g/mol. The molecule has 6 heteroatoms. The Labute approximate surface area is 122 Å². The third kappa shape index (κ3) is 2.22. The van der Waals surface area contributed by atoms with Gasteiger partial charge in [-0.15, -0.1) is 0 Å². The van der Waals surface area contributed by atoms with E-state index in [1.165, 1.54) is 6.07 Å². The highest BCUT2D eigenvalue weighted by atomic mass is 79.9. The van der Waals surface area contributed by atoms with Crippen LogP contribution in [0.25, 0.3) is 0 Å². The molecule has 2 N–H and O–H groups in total. The van der Waals surface area contributed by atoms with Crippen LogP contribution in [0, 0.1) is 5.82 Å². The molecule has 0 atom stereocenters. The number of fused-ring (bicyclic) bond motifs is 2. The van der Waals surface area contributed by atoms with E-state index >= 15 is 0 Å². The van der Waals surface area contributed by atoms with Gasteiger partial charge in [-0.05, 0) is 40.2 Å². The fraction of sp³-hybridized carbons (Fsp3) is 0.0714. The Morgan fingerprint density at radius 1 is 1.30 bits per heavy atom. The van der Waals surface area contributed by atoms with Gasteiger partial charge in [0.05, 0.1) is 4.47 Å². The van der Waals surface area contributed by atoms with Crippen LogP contribution in [-0.2, 0) is 6.42 Å². The molecule has 0 aliphatic carbocycles. The number of ether oxygens (including phenoxy) is 1. The molecule has 4 nitrogen and oxygen atoms in total. The number of nitrogens with one attached hydrogen (secondary N) is 1. The summed E-state index contributed by atoms with van der Waals surface area (Å²) < 4.78 is 19.5. The third-order valence-electron chi connectivity index (χ3n) is 3.04. The molecule has 1 amide bonds. The smallest absolute Gasteiger partial charge is 0.409 e. The second kappa shape index (κ2) is 4.79. The van der Waals surface area contributed by atoms with Crippen molar-refractivity contribution in [3.05, 3.63) is 51.7 Å². The molecule has 0 unspecified atom stereocenters. The van der Waals surface area contributed by atoms with Crippen LogP contribution in [0.2, 0.25) is 0 Å². The van der Waals surface area contributed by atoms with E-state index in [0.29, 0.717) is 28.1 Å². The fourth-order valence-electron chi connectivity index (χ4n) is 2.16. The molecule has 0 aromatic heterocycles. The Hall–Kier alpha value is -2.08. The summed E-state index contributed by atoms with van der Waals surface area (Å²) in [4.78, 5) is 10.6. The van der Waals surface area contributed by atoms with Crippen molar-refractivity contribution in [1.29, 1.82) is 0 Å². The van der Waals surface area contributed by atoms with Crippen LogP contribution in [0.3, 0.4) is 0 Å². The first-order valence-electron chi connectivity index (χ1n) is 5.82. The summed E-state index contributed by atoms with van der Waals surface area (Å²) >= 11 is 3.17. The van der Waals surface area contributed by atoms with Gasteiger partial charge in [-0.2, -0.15) is 0 Å². The maximum absolute atomic E-state index is 13.5. The lowest BCUT2D eigenvalue weighted by molar-refractivity contribution is 0.209. The molecule has 20 heavy (non-hydrogen) atoms. The van der Waals surface area contributed by atoms with Crippen molar-refractivity contribution >= 4 is 27.7 Å². The van der Waals surface area contributed by atoms with Crippen molar-refractivity contribution in [3.8, 4) is 11.5 Å². The highest BCUT2D eigenvalue weighted by molar-refractivity contribution is 9.10. The lowest BCUT2D eigenvalue weighted by Crippen LogP contribution is -2.09.